The molecule has 3 heterocycles. The van der Waals surface area contributed by atoms with E-state index in [0.717, 1.165) is 25.9 Å². The standard InChI is InChI=1S/C16H24N4O3/c1-16(2,3)14-17-15(18-23-14)19-9-7-11(8-10-19)20-12(21)5-4-6-13(20)22/h11H,4-10H2,1-3H3. The predicted octanol–water partition coefficient (Wildman–Crippen LogP) is 1.88. The third-order valence-electron chi connectivity index (χ3n) is 4.49. The molecule has 126 valence electrons. The lowest BCUT2D eigenvalue weighted by Crippen LogP contribution is -2.51. The average Bonchev–Trinajstić information content (AvgIpc) is 2.98. The molecule has 2 aliphatic heterocycles. The normalized spacial score (nSPS) is 21.2. The van der Waals surface area contributed by atoms with Crippen LogP contribution in [0.15, 0.2) is 4.52 Å². The molecule has 1 aromatic rings. The minimum absolute atomic E-state index is 0.0144. The molecule has 23 heavy (non-hydrogen) atoms. The van der Waals surface area contributed by atoms with E-state index in [1.54, 1.807) is 0 Å². The number of imide groups is 1. The first kappa shape index (κ1) is 16.0. The van der Waals surface area contributed by atoms with Crippen LogP contribution in [0.3, 0.4) is 0 Å². The van der Waals surface area contributed by atoms with Crippen molar-refractivity contribution in [2.75, 3.05) is 18.0 Å². The Morgan fingerprint density at radius 3 is 2.22 bits per heavy atom. The molecule has 0 atom stereocenters. The Kier molecular flexibility index (Phi) is 4.12. The molecule has 0 unspecified atom stereocenters. The summed E-state index contributed by atoms with van der Waals surface area (Å²) in [6, 6.07) is 0.0144. The van der Waals surface area contributed by atoms with Crippen LogP contribution >= 0.6 is 0 Å². The van der Waals surface area contributed by atoms with Gasteiger partial charge in [0.1, 0.15) is 0 Å². The van der Waals surface area contributed by atoms with E-state index in [4.69, 9.17) is 4.52 Å². The van der Waals surface area contributed by atoms with Gasteiger partial charge in [-0.25, -0.2) is 0 Å². The molecule has 0 N–H and O–H groups in total. The number of hydrogen-bond acceptors (Lipinski definition) is 6. The lowest BCUT2D eigenvalue weighted by Gasteiger charge is -2.38. The zero-order valence-electron chi connectivity index (χ0n) is 14.0. The first-order chi connectivity index (χ1) is 10.9. The second-order valence-electron chi connectivity index (χ2n) is 7.38. The van der Waals surface area contributed by atoms with Crippen molar-refractivity contribution in [3.8, 4) is 0 Å². The molecule has 0 radical (unpaired) electrons. The fourth-order valence-electron chi connectivity index (χ4n) is 3.15. The van der Waals surface area contributed by atoms with Crippen molar-refractivity contribution in [3.63, 3.8) is 0 Å². The van der Waals surface area contributed by atoms with Crippen LogP contribution < -0.4 is 4.90 Å². The van der Waals surface area contributed by atoms with Gasteiger partial charge in [0.25, 0.3) is 5.95 Å². The number of carbonyl (C=O) groups is 2. The topological polar surface area (TPSA) is 79.5 Å². The SMILES string of the molecule is CC(C)(C)c1nc(N2CCC(N3C(=O)CCCC3=O)CC2)no1. The number of likely N-dealkylation sites (tertiary alicyclic amines) is 1. The van der Waals surface area contributed by atoms with Crippen molar-refractivity contribution in [3.05, 3.63) is 5.89 Å². The minimum atomic E-state index is -0.170. The van der Waals surface area contributed by atoms with E-state index in [9.17, 15) is 9.59 Å². The molecular weight excluding hydrogens is 296 g/mol. The largest absolute Gasteiger partial charge is 0.338 e. The number of piperidine rings is 2. The maximum Gasteiger partial charge on any atom is 0.266 e. The van der Waals surface area contributed by atoms with Crippen LogP contribution in [0.5, 0.6) is 0 Å². The van der Waals surface area contributed by atoms with Gasteiger partial charge in [0.15, 0.2) is 0 Å². The summed E-state index contributed by atoms with van der Waals surface area (Å²) in [5.74, 6) is 1.18. The summed E-state index contributed by atoms with van der Waals surface area (Å²) < 4.78 is 5.34. The molecule has 2 aliphatic rings. The number of anilines is 1. The van der Waals surface area contributed by atoms with E-state index in [0.29, 0.717) is 31.1 Å². The van der Waals surface area contributed by atoms with E-state index >= 15 is 0 Å². The molecule has 0 aromatic carbocycles. The molecule has 2 fully saturated rings. The van der Waals surface area contributed by atoms with Crippen molar-refractivity contribution < 1.29 is 14.1 Å². The molecule has 2 saturated heterocycles. The zero-order chi connectivity index (χ0) is 16.6. The van der Waals surface area contributed by atoms with Crippen molar-refractivity contribution in [1.29, 1.82) is 0 Å². The lowest BCUT2D eigenvalue weighted by molar-refractivity contribution is -0.151. The zero-order valence-corrected chi connectivity index (χ0v) is 14.0. The molecule has 0 bridgehead atoms. The first-order valence-corrected chi connectivity index (χ1v) is 8.30. The molecule has 7 nitrogen and oxygen atoms in total. The van der Waals surface area contributed by atoms with Gasteiger partial charge in [-0.15, -0.1) is 0 Å². The summed E-state index contributed by atoms with van der Waals surface area (Å²) in [5, 5.41) is 4.07. The summed E-state index contributed by atoms with van der Waals surface area (Å²) in [4.78, 5) is 32.1. The summed E-state index contributed by atoms with van der Waals surface area (Å²) in [6.07, 6.45) is 3.19. The van der Waals surface area contributed by atoms with Gasteiger partial charge in [0, 0.05) is 37.4 Å². The van der Waals surface area contributed by atoms with E-state index in [-0.39, 0.29) is 23.3 Å². The maximum atomic E-state index is 12.0. The number of aromatic nitrogens is 2. The molecule has 0 aliphatic carbocycles. The number of nitrogens with zero attached hydrogens (tertiary/aromatic N) is 4. The van der Waals surface area contributed by atoms with E-state index in [2.05, 4.69) is 15.0 Å². The molecular formula is C16H24N4O3. The van der Waals surface area contributed by atoms with E-state index in [1.165, 1.54) is 4.90 Å². The number of carbonyl (C=O) groups excluding carboxylic acids is 2. The van der Waals surface area contributed by atoms with Crippen LogP contribution in [0.1, 0.15) is 58.8 Å². The van der Waals surface area contributed by atoms with Crippen LogP contribution in [0, 0.1) is 0 Å². The Hall–Kier alpha value is -1.92. The highest BCUT2D eigenvalue weighted by atomic mass is 16.5. The smallest absolute Gasteiger partial charge is 0.266 e. The van der Waals surface area contributed by atoms with Crippen molar-refractivity contribution in [2.24, 2.45) is 0 Å². The number of amides is 2. The molecule has 7 heteroatoms. The third kappa shape index (κ3) is 3.23. The second-order valence-corrected chi connectivity index (χ2v) is 7.38. The van der Waals surface area contributed by atoms with Gasteiger partial charge in [-0.05, 0) is 24.4 Å². The summed E-state index contributed by atoms with van der Waals surface area (Å²) in [5.41, 5.74) is -0.170. The number of rotatable bonds is 2. The maximum absolute atomic E-state index is 12.0. The van der Waals surface area contributed by atoms with Crippen molar-refractivity contribution in [1.82, 2.24) is 15.0 Å². The highest BCUT2D eigenvalue weighted by Crippen LogP contribution is 2.26. The van der Waals surface area contributed by atoms with Gasteiger partial charge in [-0.2, -0.15) is 4.98 Å². The quantitative estimate of drug-likeness (QED) is 0.774. The van der Waals surface area contributed by atoms with Gasteiger partial charge in [0.2, 0.25) is 17.7 Å². The van der Waals surface area contributed by atoms with Gasteiger partial charge >= 0.3 is 0 Å². The van der Waals surface area contributed by atoms with Crippen molar-refractivity contribution >= 4 is 17.8 Å². The molecule has 2 amide bonds. The van der Waals surface area contributed by atoms with E-state index in [1.807, 2.05) is 20.8 Å². The Morgan fingerprint density at radius 2 is 1.70 bits per heavy atom. The molecule has 1 aromatic heterocycles. The predicted molar refractivity (Wildman–Crippen MR) is 83.9 cm³/mol. The van der Waals surface area contributed by atoms with Crippen LogP contribution in [0.25, 0.3) is 0 Å². The Morgan fingerprint density at radius 1 is 1.09 bits per heavy atom. The third-order valence-corrected chi connectivity index (χ3v) is 4.49. The summed E-state index contributed by atoms with van der Waals surface area (Å²) in [7, 11) is 0. The fraction of sp³-hybridized carbons (Fsp3) is 0.750. The fourth-order valence-corrected chi connectivity index (χ4v) is 3.15. The van der Waals surface area contributed by atoms with Crippen molar-refractivity contribution in [2.45, 2.75) is 64.3 Å². The Bertz CT molecular complexity index is 581. The average molecular weight is 320 g/mol. The second kappa shape index (κ2) is 5.94. The monoisotopic (exact) mass is 320 g/mol. The number of hydrogen-bond donors (Lipinski definition) is 0. The van der Waals surface area contributed by atoms with Gasteiger partial charge in [0.05, 0.1) is 0 Å². The summed E-state index contributed by atoms with van der Waals surface area (Å²) in [6.45, 7) is 7.55. The molecule has 0 saturated carbocycles. The van der Waals surface area contributed by atoms with Crippen LogP contribution in [-0.2, 0) is 15.0 Å². The summed E-state index contributed by atoms with van der Waals surface area (Å²) >= 11 is 0. The Balaban J connectivity index is 1.63. The molecule has 0 spiro atoms. The highest BCUT2D eigenvalue weighted by molar-refractivity contribution is 5.97. The van der Waals surface area contributed by atoms with Gasteiger partial charge < -0.3 is 9.42 Å². The van der Waals surface area contributed by atoms with Crippen LogP contribution in [0.2, 0.25) is 0 Å². The molecule has 3 rings (SSSR count). The minimum Gasteiger partial charge on any atom is -0.338 e. The van der Waals surface area contributed by atoms with Gasteiger partial charge in [-0.3, -0.25) is 14.5 Å². The lowest BCUT2D eigenvalue weighted by atomic mass is 9.97. The highest BCUT2D eigenvalue weighted by Gasteiger charge is 2.35. The van der Waals surface area contributed by atoms with E-state index < -0.39 is 0 Å². The van der Waals surface area contributed by atoms with Crippen LogP contribution in [0.4, 0.5) is 5.95 Å². The Labute approximate surface area is 136 Å². The first-order valence-electron chi connectivity index (χ1n) is 8.30. The van der Waals surface area contributed by atoms with Crippen LogP contribution in [-0.4, -0.2) is 46.0 Å². The van der Waals surface area contributed by atoms with Gasteiger partial charge in [-0.1, -0.05) is 20.8 Å².